The summed E-state index contributed by atoms with van der Waals surface area (Å²) >= 11 is 0. The predicted octanol–water partition coefficient (Wildman–Crippen LogP) is 2.52. The van der Waals surface area contributed by atoms with E-state index in [-0.39, 0.29) is 17.8 Å². The number of amides is 2. The van der Waals surface area contributed by atoms with Gasteiger partial charge in [0.05, 0.1) is 0 Å². The molecule has 2 N–H and O–H groups in total. The van der Waals surface area contributed by atoms with E-state index in [4.69, 9.17) is 4.42 Å². The fraction of sp³-hybridized carbons (Fsp3) is 0.474. The van der Waals surface area contributed by atoms with Crippen LogP contribution in [0, 0.1) is 5.41 Å². The van der Waals surface area contributed by atoms with E-state index in [2.05, 4.69) is 20.8 Å². The van der Waals surface area contributed by atoms with E-state index in [0.29, 0.717) is 11.1 Å². The second-order valence-corrected chi connectivity index (χ2v) is 7.42. The molecule has 2 amide bonds. The van der Waals surface area contributed by atoms with Gasteiger partial charge in [0.15, 0.2) is 0 Å². The summed E-state index contributed by atoms with van der Waals surface area (Å²) in [7, 11) is 0. The third-order valence-corrected chi connectivity index (χ3v) is 5.45. The Balaban J connectivity index is 1.31. The Labute approximate surface area is 157 Å². The Morgan fingerprint density at radius 1 is 1.11 bits per heavy atom. The van der Waals surface area contributed by atoms with Gasteiger partial charge in [-0.2, -0.15) is 0 Å². The van der Waals surface area contributed by atoms with Gasteiger partial charge in [0.25, 0.3) is 0 Å². The lowest BCUT2D eigenvalue weighted by Crippen LogP contribution is -2.45. The second kappa shape index (κ2) is 7.02. The molecule has 1 saturated carbocycles. The van der Waals surface area contributed by atoms with Crippen molar-refractivity contribution in [3.63, 3.8) is 0 Å². The number of anilines is 2. The van der Waals surface area contributed by atoms with E-state index in [1.165, 1.54) is 12.8 Å². The van der Waals surface area contributed by atoms with Gasteiger partial charge in [-0.05, 0) is 50.2 Å². The number of hydrogen-bond acceptors (Lipinski definition) is 6. The van der Waals surface area contributed by atoms with Crippen molar-refractivity contribution in [2.24, 2.45) is 5.41 Å². The van der Waals surface area contributed by atoms with Crippen LogP contribution in [0.5, 0.6) is 0 Å². The monoisotopic (exact) mass is 369 g/mol. The lowest BCUT2D eigenvalue weighted by atomic mass is 9.93. The van der Waals surface area contributed by atoms with E-state index >= 15 is 0 Å². The van der Waals surface area contributed by atoms with Crippen molar-refractivity contribution in [3.8, 4) is 0 Å². The highest BCUT2D eigenvalue weighted by Crippen LogP contribution is 2.53. The quantitative estimate of drug-likeness (QED) is 0.840. The van der Waals surface area contributed by atoms with E-state index < -0.39 is 11.9 Å². The maximum absolute atomic E-state index is 12.6. The Morgan fingerprint density at radius 2 is 1.81 bits per heavy atom. The van der Waals surface area contributed by atoms with Crippen molar-refractivity contribution in [3.05, 3.63) is 36.2 Å². The summed E-state index contributed by atoms with van der Waals surface area (Å²) in [5.41, 5.74) is 1.17. The zero-order valence-electron chi connectivity index (χ0n) is 15.3. The summed E-state index contributed by atoms with van der Waals surface area (Å²) in [5.74, 6) is -0.639. The van der Waals surface area contributed by atoms with Gasteiger partial charge in [0, 0.05) is 18.8 Å². The maximum Gasteiger partial charge on any atom is 0.316 e. The SMILES string of the molecule is C[C@@H](Nc1nnc(C(=O)Nc2ccccc2)o1)C(=O)N1CCC2(CC1)CC2. The van der Waals surface area contributed by atoms with Gasteiger partial charge in [0.1, 0.15) is 6.04 Å². The smallest absolute Gasteiger partial charge is 0.316 e. The van der Waals surface area contributed by atoms with Gasteiger partial charge in [-0.3, -0.25) is 9.59 Å². The number of hydrogen-bond donors (Lipinski definition) is 2. The van der Waals surface area contributed by atoms with Gasteiger partial charge in [-0.15, -0.1) is 5.10 Å². The van der Waals surface area contributed by atoms with Crippen LogP contribution in [-0.4, -0.2) is 46.0 Å². The Hall–Kier alpha value is -2.90. The van der Waals surface area contributed by atoms with Crippen LogP contribution >= 0.6 is 0 Å². The second-order valence-electron chi connectivity index (χ2n) is 7.42. The largest absolute Gasteiger partial charge is 0.399 e. The third kappa shape index (κ3) is 3.94. The first-order chi connectivity index (χ1) is 13.0. The minimum absolute atomic E-state index is 0.0130. The van der Waals surface area contributed by atoms with Crippen molar-refractivity contribution < 1.29 is 14.0 Å². The minimum atomic E-state index is -0.497. The number of nitrogens with one attached hydrogen (secondary N) is 2. The molecule has 142 valence electrons. The maximum atomic E-state index is 12.6. The van der Waals surface area contributed by atoms with E-state index in [1.807, 2.05) is 23.1 Å². The highest BCUT2D eigenvalue weighted by Gasteiger charge is 2.45. The summed E-state index contributed by atoms with van der Waals surface area (Å²) in [6.45, 7) is 3.37. The zero-order chi connectivity index (χ0) is 18.9. The van der Waals surface area contributed by atoms with Crippen LogP contribution in [0.2, 0.25) is 0 Å². The number of benzene rings is 1. The molecule has 1 atom stereocenters. The Bertz CT molecular complexity index is 821. The number of carbonyl (C=O) groups excluding carboxylic acids is 2. The molecule has 27 heavy (non-hydrogen) atoms. The molecule has 2 aromatic rings. The molecule has 4 rings (SSSR count). The first kappa shape index (κ1) is 17.5. The number of nitrogens with zero attached hydrogens (tertiary/aromatic N) is 3. The normalized spacial score (nSPS) is 18.8. The van der Waals surface area contributed by atoms with E-state index in [0.717, 1.165) is 25.9 Å². The van der Waals surface area contributed by atoms with Gasteiger partial charge in [-0.1, -0.05) is 23.3 Å². The molecule has 1 spiro atoms. The molecule has 2 fully saturated rings. The summed E-state index contributed by atoms with van der Waals surface area (Å²) in [6, 6.07) is 8.57. The Morgan fingerprint density at radius 3 is 2.48 bits per heavy atom. The van der Waals surface area contributed by atoms with Gasteiger partial charge >= 0.3 is 17.8 Å². The lowest BCUT2D eigenvalue weighted by molar-refractivity contribution is -0.133. The number of carbonyl (C=O) groups is 2. The fourth-order valence-corrected chi connectivity index (χ4v) is 3.48. The Kier molecular flexibility index (Phi) is 4.55. The lowest BCUT2D eigenvalue weighted by Gasteiger charge is -2.33. The zero-order valence-corrected chi connectivity index (χ0v) is 15.3. The number of para-hydroxylation sites is 1. The molecule has 1 aromatic heterocycles. The minimum Gasteiger partial charge on any atom is -0.399 e. The highest BCUT2D eigenvalue weighted by atomic mass is 16.4. The van der Waals surface area contributed by atoms with E-state index in [1.54, 1.807) is 19.1 Å². The number of aromatic nitrogens is 2. The van der Waals surface area contributed by atoms with Crippen LogP contribution < -0.4 is 10.6 Å². The molecule has 0 radical (unpaired) electrons. The van der Waals surface area contributed by atoms with E-state index in [9.17, 15) is 9.59 Å². The topological polar surface area (TPSA) is 100 Å². The molecule has 1 saturated heterocycles. The first-order valence-corrected chi connectivity index (χ1v) is 9.30. The predicted molar refractivity (Wildman–Crippen MR) is 99.3 cm³/mol. The molecule has 1 aliphatic heterocycles. The number of piperidine rings is 1. The van der Waals surface area contributed by atoms with Crippen molar-refractivity contribution in [1.29, 1.82) is 0 Å². The fourth-order valence-electron chi connectivity index (χ4n) is 3.48. The average Bonchev–Trinajstić information content (AvgIpc) is 3.26. The molecular weight excluding hydrogens is 346 g/mol. The van der Waals surface area contributed by atoms with Crippen LogP contribution in [0.3, 0.4) is 0 Å². The molecular formula is C19H23N5O3. The van der Waals surface area contributed by atoms with Crippen molar-refractivity contribution in [2.45, 2.75) is 38.6 Å². The molecule has 0 unspecified atom stereocenters. The molecule has 2 heterocycles. The standard InChI is InChI=1S/C19H23N5O3/c1-13(17(26)24-11-9-19(7-8-19)10-12-24)20-18-23-22-16(27-18)15(25)21-14-5-3-2-4-6-14/h2-6,13H,7-12H2,1H3,(H,20,23)(H,21,25)/t13-/m1/s1. The highest BCUT2D eigenvalue weighted by molar-refractivity contribution is 6.00. The van der Waals surface area contributed by atoms with Crippen molar-refractivity contribution >= 4 is 23.5 Å². The van der Waals surface area contributed by atoms with Crippen LogP contribution in [0.25, 0.3) is 0 Å². The average molecular weight is 369 g/mol. The van der Waals surface area contributed by atoms with Crippen LogP contribution in [0.1, 0.15) is 43.3 Å². The molecule has 0 bridgehead atoms. The summed E-state index contributed by atoms with van der Waals surface area (Å²) in [4.78, 5) is 26.7. The van der Waals surface area contributed by atoms with Crippen LogP contribution in [0.4, 0.5) is 11.7 Å². The summed E-state index contributed by atoms with van der Waals surface area (Å²) in [6.07, 6.45) is 4.79. The molecule has 1 aromatic carbocycles. The molecule has 2 aliphatic rings. The molecule has 8 heteroatoms. The molecule has 1 aliphatic carbocycles. The number of rotatable bonds is 5. The van der Waals surface area contributed by atoms with Gasteiger partial charge < -0.3 is 20.0 Å². The van der Waals surface area contributed by atoms with Crippen molar-refractivity contribution in [1.82, 2.24) is 15.1 Å². The first-order valence-electron chi connectivity index (χ1n) is 9.30. The van der Waals surface area contributed by atoms with Gasteiger partial charge in [-0.25, -0.2) is 0 Å². The summed E-state index contributed by atoms with van der Waals surface area (Å²) in [5, 5.41) is 13.1. The summed E-state index contributed by atoms with van der Waals surface area (Å²) < 4.78 is 5.35. The molecule has 8 nitrogen and oxygen atoms in total. The number of likely N-dealkylation sites (tertiary alicyclic amines) is 1. The van der Waals surface area contributed by atoms with Gasteiger partial charge in [0.2, 0.25) is 5.91 Å². The third-order valence-electron chi connectivity index (χ3n) is 5.45. The van der Waals surface area contributed by atoms with Crippen molar-refractivity contribution in [2.75, 3.05) is 23.7 Å². The van der Waals surface area contributed by atoms with Crippen LogP contribution in [-0.2, 0) is 4.79 Å². The van der Waals surface area contributed by atoms with Crippen LogP contribution in [0.15, 0.2) is 34.7 Å².